The van der Waals surface area contributed by atoms with Crippen LogP contribution in [0.3, 0.4) is 0 Å². The monoisotopic (exact) mass is 295 g/mol. The zero-order chi connectivity index (χ0) is 13.8. The van der Waals surface area contributed by atoms with Crippen LogP contribution in [0.1, 0.15) is 6.42 Å². The standard InChI is InChI=1S/C13H13NO3S2/c1-8-14-10-3-2-9(6-12(10)19-8)11(15)7-18-5-4-13(16)17/h2-3,6,15H,1,4-5,7H2,(H,16,17). The number of thiazole rings is 1. The van der Waals surface area contributed by atoms with Gasteiger partial charge in [0.2, 0.25) is 0 Å². The van der Waals surface area contributed by atoms with Gasteiger partial charge in [0.05, 0.1) is 22.4 Å². The molecule has 0 saturated carbocycles. The Morgan fingerprint density at radius 1 is 1.42 bits per heavy atom. The summed E-state index contributed by atoms with van der Waals surface area (Å²) in [5, 5.41) is 19.2. The number of aliphatic hydroxyl groups excluding tert-OH is 1. The van der Waals surface area contributed by atoms with Crippen molar-refractivity contribution >= 4 is 51.6 Å². The minimum Gasteiger partial charge on any atom is -0.511 e. The fourth-order valence-corrected chi connectivity index (χ4v) is 3.19. The lowest BCUT2D eigenvalue weighted by Crippen LogP contribution is -2.07. The summed E-state index contributed by atoms with van der Waals surface area (Å²) in [4.78, 5) is 14.6. The molecule has 0 aliphatic heterocycles. The van der Waals surface area contributed by atoms with Crippen LogP contribution in [0.4, 0.5) is 0 Å². The smallest absolute Gasteiger partial charge is 0.304 e. The maximum Gasteiger partial charge on any atom is 0.304 e. The van der Waals surface area contributed by atoms with Gasteiger partial charge in [0.25, 0.3) is 0 Å². The Morgan fingerprint density at radius 2 is 2.21 bits per heavy atom. The molecule has 0 radical (unpaired) electrons. The number of benzene rings is 1. The van der Waals surface area contributed by atoms with E-state index in [0.717, 1.165) is 20.1 Å². The summed E-state index contributed by atoms with van der Waals surface area (Å²) in [6.07, 6.45) is 0.108. The average Bonchev–Trinajstić information content (AvgIpc) is 2.73. The van der Waals surface area contributed by atoms with Crippen molar-refractivity contribution in [2.45, 2.75) is 6.42 Å². The third-order valence-electron chi connectivity index (χ3n) is 2.46. The Hall–Kier alpha value is -1.53. The lowest BCUT2D eigenvalue weighted by molar-refractivity contribution is -0.136. The van der Waals surface area contributed by atoms with Crippen LogP contribution < -0.4 is 9.88 Å². The van der Waals surface area contributed by atoms with E-state index in [0.29, 0.717) is 11.5 Å². The van der Waals surface area contributed by atoms with Gasteiger partial charge in [-0.05, 0) is 18.2 Å². The largest absolute Gasteiger partial charge is 0.511 e. The number of carboxylic acid groups (broad SMARTS) is 1. The minimum atomic E-state index is -0.818. The van der Waals surface area contributed by atoms with E-state index in [9.17, 15) is 9.90 Å². The van der Waals surface area contributed by atoms with E-state index in [1.165, 1.54) is 23.1 Å². The van der Waals surface area contributed by atoms with Crippen molar-refractivity contribution in [3.05, 3.63) is 28.1 Å². The molecule has 0 amide bonds. The highest BCUT2D eigenvalue weighted by atomic mass is 32.2. The number of aliphatic carboxylic acids is 1. The van der Waals surface area contributed by atoms with Gasteiger partial charge in [-0.3, -0.25) is 4.79 Å². The summed E-state index contributed by atoms with van der Waals surface area (Å²) < 4.78 is 1.74. The minimum absolute atomic E-state index is 0.108. The fraction of sp³-hybridized carbons (Fsp3) is 0.231. The second-order valence-electron chi connectivity index (χ2n) is 3.93. The maximum absolute atomic E-state index is 10.4. The maximum atomic E-state index is 10.4. The molecule has 2 N–H and O–H groups in total. The van der Waals surface area contributed by atoms with Gasteiger partial charge in [0.15, 0.2) is 0 Å². The quantitative estimate of drug-likeness (QED) is 0.820. The third-order valence-corrected chi connectivity index (χ3v) is 4.31. The fourth-order valence-electron chi connectivity index (χ4n) is 1.56. The Bertz CT molecular complexity index is 708. The van der Waals surface area contributed by atoms with Gasteiger partial charge in [0.1, 0.15) is 10.4 Å². The molecule has 0 aliphatic carbocycles. The number of hydrogen-bond acceptors (Lipinski definition) is 5. The summed E-state index contributed by atoms with van der Waals surface area (Å²) in [5.41, 5.74) is 0.880. The number of nitrogens with zero attached hydrogens (tertiary/aromatic N) is 1. The van der Waals surface area contributed by atoms with Crippen LogP contribution in [0, 0.1) is 0 Å². The average molecular weight is 295 g/mol. The van der Waals surface area contributed by atoms with E-state index in [1.54, 1.807) is 0 Å². The van der Waals surface area contributed by atoms with Crippen molar-refractivity contribution in [2.24, 2.45) is 0 Å². The lowest BCUT2D eigenvalue weighted by atomic mass is 10.2. The number of thioether (sulfide) groups is 1. The summed E-state index contributed by atoms with van der Waals surface area (Å²) in [6.45, 7) is 3.79. The van der Waals surface area contributed by atoms with Crippen LogP contribution in [0.15, 0.2) is 18.2 Å². The molecule has 0 spiro atoms. The van der Waals surface area contributed by atoms with Crippen LogP contribution in [0.2, 0.25) is 0 Å². The highest BCUT2D eigenvalue weighted by Gasteiger charge is 2.02. The summed E-state index contributed by atoms with van der Waals surface area (Å²) in [6, 6.07) is 5.55. The highest BCUT2D eigenvalue weighted by molar-refractivity contribution is 7.99. The van der Waals surface area contributed by atoms with Crippen LogP contribution >= 0.6 is 23.1 Å². The molecule has 2 aromatic rings. The molecule has 0 fully saturated rings. The van der Waals surface area contributed by atoms with Gasteiger partial charge in [-0.15, -0.1) is 11.3 Å². The zero-order valence-electron chi connectivity index (χ0n) is 10.1. The Morgan fingerprint density at radius 3 is 2.95 bits per heavy atom. The third kappa shape index (κ3) is 3.71. The van der Waals surface area contributed by atoms with Crippen molar-refractivity contribution < 1.29 is 15.0 Å². The number of carbonyl (C=O) groups is 1. The van der Waals surface area contributed by atoms with Gasteiger partial charge >= 0.3 is 5.97 Å². The van der Waals surface area contributed by atoms with Crippen LogP contribution in [0.25, 0.3) is 22.6 Å². The van der Waals surface area contributed by atoms with E-state index in [4.69, 9.17) is 5.11 Å². The molecular weight excluding hydrogens is 282 g/mol. The zero-order valence-corrected chi connectivity index (χ0v) is 11.8. The molecule has 4 nitrogen and oxygen atoms in total. The highest BCUT2D eigenvalue weighted by Crippen LogP contribution is 2.12. The van der Waals surface area contributed by atoms with E-state index in [1.807, 2.05) is 18.2 Å². The van der Waals surface area contributed by atoms with Gasteiger partial charge in [0, 0.05) is 11.0 Å². The van der Waals surface area contributed by atoms with Crippen LogP contribution in [-0.4, -0.2) is 32.7 Å². The first kappa shape index (κ1) is 13.9. The predicted molar refractivity (Wildman–Crippen MR) is 80.0 cm³/mol. The van der Waals surface area contributed by atoms with Gasteiger partial charge in [-0.2, -0.15) is 11.8 Å². The first-order valence-corrected chi connectivity index (χ1v) is 7.60. The topological polar surface area (TPSA) is 70.4 Å². The molecular formula is C13H13NO3S2. The van der Waals surface area contributed by atoms with Crippen molar-refractivity contribution in [3.63, 3.8) is 0 Å². The van der Waals surface area contributed by atoms with Gasteiger partial charge in [-0.1, -0.05) is 6.58 Å². The molecule has 1 heterocycles. The Labute approximate surface area is 118 Å². The van der Waals surface area contributed by atoms with Gasteiger partial charge < -0.3 is 10.2 Å². The molecule has 6 heteroatoms. The number of carboxylic acids is 1. The Kier molecular flexibility index (Phi) is 4.44. The molecule has 100 valence electrons. The number of rotatable bonds is 5. The van der Waals surface area contributed by atoms with Crippen LogP contribution in [-0.2, 0) is 4.79 Å². The number of hydrogen-bond donors (Lipinski definition) is 2. The van der Waals surface area contributed by atoms with Crippen molar-refractivity contribution in [2.75, 3.05) is 11.5 Å². The molecule has 1 aromatic carbocycles. The number of fused-ring (bicyclic) bond motifs is 1. The second kappa shape index (κ2) is 6.08. The molecule has 0 aliphatic rings. The van der Waals surface area contributed by atoms with Crippen LogP contribution in [0.5, 0.6) is 0 Å². The molecule has 0 unspecified atom stereocenters. The molecule has 1 aromatic heterocycles. The van der Waals surface area contributed by atoms with Crippen molar-refractivity contribution in [1.29, 1.82) is 0 Å². The van der Waals surface area contributed by atoms with Gasteiger partial charge in [-0.25, -0.2) is 4.98 Å². The molecule has 2 rings (SSSR count). The van der Waals surface area contributed by atoms with Crippen molar-refractivity contribution in [1.82, 2.24) is 4.98 Å². The summed E-state index contributed by atoms with van der Waals surface area (Å²) in [7, 11) is 0. The normalized spacial score (nSPS) is 12.6. The van der Waals surface area contributed by atoms with E-state index < -0.39 is 5.97 Å². The predicted octanol–water partition coefficient (Wildman–Crippen LogP) is 1.58. The first-order valence-electron chi connectivity index (χ1n) is 5.63. The number of aliphatic hydroxyl groups is 1. The Balaban J connectivity index is 2.13. The summed E-state index contributed by atoms with van der Waals surface area (Å²) in [5.74, 6) is 0.345. The molecule has 19 heavy (non-hydrogen) atoms. The van der Waals surface area contributed by atoms with Crippen molar-refractivity contribution in [3.8, 4) is 0 Å². The SMILES string of the molecule is C=c1nc2ccc(=C(O)CSCCC(=O)O)cc2s1. The number of aromatic nitrogens is 1. The van der Waals surface area contributed by atoms with E-state index in [2.05, 4.69) is 11.6 Å². The summed E-state index contributed by atoms with van der Waals surface area (Å²) >= 11 is 2.89. The molecule has 0 saturated heterocycles. The second-order valence-corrected chi connectivity index (χ2v) is 6.15. The first-order chi connectivity index (χ1) is 9.06. The molecule has 0 atom stereocenters. The molecule has 0 bridgehead atoms. The van der Waals surface area contributed by atoms with E-state index >= 15 is 0 Å². The lowest BCUT2D eigenvalue weighted by Gasteiger charge is -1.99. The van der Waals surface area contributed by atoms with E-state index in [-0.39, 0.29) is 12.2 Å².